The van der Waals surface area contributed by atoms with Crippen molar-refractivity contribution in [2.75, 3.05) is 0 Å². The summed E-state index contributed by atoms with van der Waals surface area (Å²) in [6.45, 7) is 13.6. The largest absolute Gasteiger partial charge is 0.407 e. The van der Waals surface area contributed by atoms with Crippen molar-refractivity contribution in [3.05, 3.63) is 41.6 Å². The molecule has 1 aromatic carbocycles. The molecule has 0 amide bonds. The van der Waals surface area contributed by atoms with Crippen molar-refractivity contribution in [3.63, 3.8) is 0 Å². The standard InChI is InChI=1S/C25H40NO2Si/c1-7-8-9-10-11-12-17-25(24(2,3)4,28-29(5)6)21-15-13-20-14-16-22(19-27)26-23(20)18-21/h13-16,18,27H,7-12,17,19H2,1-6H3. The smallest absolute Gasteiger partial charge is 0.206 e. The Hall–Kier alpha value is -1.23. The molecule has 29 heavy (non-hydrogen) atoms. The summed E-state index contributed by atoms with van der Waals surface area (Å²) in [5, 5.41) is 10.6. The number of aliphatic hydroxyl groups excluding tert-OH is 1. The van der Waals surface area contributed by atoms with E-state index in [1.165, 1.54) is 44.1 Å². The van der Waals surface area contributed by atoms with Crippen LogP contribution < -0.4 is 0 Å². The van der Waals surface area contributed by atoms with Gasteiger partial charge in [-0.05, 0) is 42.6 Å². The monoisotopic (exact) mass is 414 g/mol. The Labute approximate surface area is 179 Å². The molecule has 0 bridgehead atoms. The van der Waals surface area contributed by atoms with Gasteiger partial charge in [0.05, 0.1) is 23.4 Å². The van der Waals surface area contributed by atoms with E-state index in [-0.39, 0.29) is 17.6 Å². The molecule has 0 aliphatic heterocycles. The molecule has 1 N–H and O–H groups in total. The van der Waals surface area contributed by atoms with Gasteiger partial charge in [0, 0.05) is 5.39 Å². The van der Waals surface area contributed by atoms with E-state index in [1.807, 2.05) is 12.1 Å². The number of hydrogen-bond donors (Lipinski definition) is 1. The van der Waals surface area contributed by atoms with Gasteiger partial charge in [-0.1, -0.05) is 84.4 Å². The molecule has 4 heteroatoms. The van der Waals surface area contributed by atoms with Crippen LogP contribution in [0.3, 0.4) is 0 Å². The Morgan fingerprint density at radius 2 is 1.62 bits per heavy atom. The van der Waals surface area contributed by atoms with Crippen LogP contribution in [0.2, 0.25) is 13.1 Å². The zero-order chi connectivity index (χ0) is 21.5. The third-order valence-electron chi connectivity index (χ3n) is 5.85. The molecule has 1 aromatic heterocycles. The van der Waals surface area contributed by atoms with Crippen LogP contribution in [-0.2, 0) is 16.6 Å². The minimum absolute atomic E-state index is 0.0272. The average Bonchev–Trinajstić information content (AvgIpc) is 2.67. The van der Waals surface area contributed by atoms with Crippen molar-refractivity contribution in [2.24, 2.45) is 5.41 Å². The van der Waals surface area contributed by atoms with Crippen molar-refractivity contribution in [1.82, 2.24) is 4.98 Å². The second-order valence-corrected chi connectivity index (χ2v) is 11.5. The molecule has 161 valence electrons. The van der Waals surface area contributed by atoms with Crippen LogP contribution in [0.5, 0.6) is 0 Å². The third-order valence-corrected chi connectivity index (χ3v) is 6.61. The van der Waals surface area contributed by atoms with Gasteiger partial charge in [-0.2, -0.15) is 0 Å². The minimum Gasteiger partial charge on any atom is -0.407 e. The highest BCUT2D eigenvalue weighted by Gasteiger charge is 2.44. The molecule has 1 heterocycles. The first-order valence-electron chi connectivity index (χ1n) is 11.2. The van der Waals surface area contributed by atoms with Gasteiger partial charge in [0.15, 0.2) is 0 Å². The SMILES string of the molecule is CCCCCCCCC(O[Si](C)C)(c1ccc2ccc(CO)nc2c1)C(C)(C)C. The molecule has 1 atom stereocenters. The predicted molar refractivity (Wildman–Crippen MR) is 125 cm³/mol. The Bertz CT molecular complexity index is 769. The number of nitrogens with zero attached hydrogens (tertiary/aromatic N) is 1. The predicted octanol–water partition coefficient (Wildman–Crippen LogP) is 6.99. The van der Waals surface area contributed by atoms with Gasteiger partial charge in [-0.25, -0.2) is 0 Å². The second kappa shape index (κ2) is 10.7. The van der Waals surface area contributed by atoms with E-state index < -0.39 is 9.04 Å². The van der Waals surface area contributed by atoms with Gasteiger partial charge in [-0.3, -0.25) is 4.98 Å². The molecule has 0 fully saturated rings. The second-order valence-electron chi connectivity index (χ2n) is 9.47. The maximum Gasteiger partial charge on any atom is 0.206 e. The Kier molecular flexibility index (Phi) is 8.86. The topological polar surface area (TPSA) is 42.4 Å². The maximum atomic E-state index is 9.50. The number of benzene rings is 1. The quantitative estimate of drug-likeness (QED) is 0.318. The van der Waals surface area contributed by atoms with Crippen LogP contribution in [0.4, 0.5) is 0 Å². The zero-order valence-electron chi connectivity index (χ0n) is 19.3. The highest BCUT2D eigenvalue weighted by molar-refractivity contribution is 6.48. The van der Waals surface area contributed by atoms with E-state index in [0.29, 0.717) is 5.69 Å². The molecule has 0 saturated carbocycles. The summed E-state index contributed by atoms with van der Waals surface area (Å²) in [5.41, 5.74) is 2.53. The molecule has 3 nitrogen and oxygen atoms in total. The van der Waals surface area contributed by atoms with Gasteiger partial charge < -0.3 is 9.53 Å². The van der Waals surface area contributed by atoms with Gasteiger partial charge in [0.2, 0.25) is 9.04 Å². The number of fused-ring (bicyclic) bond motifs is 1. The summed E-state index contributed by atoms with van der Waals surface area (Å²) < 4.78 is 6.85. The average molecular weight is 415 g/mol. The molecule has 2 rings (SSSR count). The van der Waals surface area contributed by atoms with Crippen LogP contribution in [0.1, 0.15) is 83.9 Å². The van der Waals surface area contributed by atoms with Crippen LogP contribution in [0.15, 0.2) is 30.3 Å². The zero-order valence-corrected chi connectivity index (χ0v) is 20.3. The molecule has 0 aliphatic carbocycles. The number of pyridine rings is 1. The summed E-state index contributed by atoms with van der Waals surface area (Å²) >= 11 is 0. The molecular formula is C25H40NO2Si. The lowest BCUT2D eigenvalue weighted by molar-refractivity contribution is -0.0505. The Morgan fingerprint density at radius 1 is 0.966 bits per heavy atom. The molecule has 0 spiro atoms. The lowest BCUT2D eigenvalue weighted by Gasteiger charge is -2.47. The van der Waals surface area contributed by atoms with E-state index in [1.54, 1.807) is 0 Å². The van der Waals surface area contributed by atoms with Crippen molar-refractivity contribution in [1.29, 1.82) is 0 Å². The first-order valence-corrected chi connectivity index (χ1v) is 13.6. The first-order chi connectivity index (χ1) is 13.7. The molecular weight excluding hydrogens is 374 g/mol. The van der Waals surface area contributed by atoms with Crippen molar-refractivity contribution >= 4 is 19.9 Å². The van der Waals surface area contributed by atoms with Crippen molar-refractivity contribution in [3.8, 4) is 0 Å². The van der Waals surface area contributed by atoms with E-state index in [4.69, 9.17) is 4.43 Å². The van der Waals surface area contributed by atoms with Gasteiger partial charge in [0.1, 0.15) is 0 Å². The van der Waals surface area contributed by atoms with E-state index in [2.05, 4.69) is 64.0 Å². The van der Waals surface area contributed by atoms with E-state index >= 15 is 0 Å². The maximum absolute atomic E-state index is 9.50. The van der Waals surface area contributed by atoms with Crippen LogP contribution >= 0.6 is 0 Å². The number of aliphatic hydroxyl groups is 1. The van der Waals surface area contributed by atoms with Crippen LogP contribution in [0, 0.1) is 5.41 Å². The molecule has 0 aliphatic rings. The molecule has 0 saturated heterocycles. The van der Waals surface area contributed by atoms with E-state index in [9.17, 15) is 5.11 Å². The fraction of sp³-hybridized carbons (Fsp3) is 0.640. The number of aromatic nitrogens is 1. The van der Waals surface area contributed by atoms with Gasteiger partial charge in [0.25, 0.3) is 0 Å². The molecule has 2 aromatic rings. The summed E-state index contributed by atoms with van der Waals surface area (Å²) in [7, 11) is -0.896. The fourth-order valence-electron chi connectivity index (χ4n) is 4.22. The fourth-order valence-corrected chi connectivity index (χ4v) is 5.44. The number of hydrogen-bond acceptors (Lipinski definition) is 3. The Balaban J connectivity index is 2.40. The number of unbranched alkanes of at least 4 members (excludes halogenated alkanes) is 5. The van der Waals surface area contributed by atoms with E-state index in [0.717, 1.165) is 17.3 Å². The Morgan fingerprint density at radius 3 is 2.24 bits per heavy atom. The lowest BCUT2D eigenvalue weighted by atomic mass is 9.69. The normalized spacial score (nSPS) is 14.5. The summed E-state index contributed by atoms with van der Waals surface area (Å²) in [6.07, 6.45) is 8.73. The van der Waals surface area contributed by atoms with Crippen molar-refractivity contribution in [2.45, 2.75) is 97.9 Å². The summed E-state index contributed by atoms with van der Waals surface area (Å²) in [6, 6.07) is 10.5. The molecule has 1 unspecified atom stereocenters. The first kappa shape index (κ1) is 24.0. The summed E-state index contributed by atoms with van der Waals surface area (Å²) in [5.74, 6) is 0. The van der Waals surface area contributed by atoms with Crippen molar-refractivity contribution < 1.29 is 9.53 Å². The van der Waals surface area contributed by atoms with Gasteiger partial charge in [-0.15, -0.1) is 0 Å². The highest BCUT2D eigenvalue weighted by Crippen LogP contribution is 2.47. The summed E-state index contributed by atoms with van der Waals surface area (Å²) in [4.78, 5) is 4.66. The van der Waals surface area contributed by atoms with Gasteiger partial charge >= 0.3 is 0 Å². The highest BCUT2D eigenvalue weighted by atomic mass is 28.3. The number of rotatable bonds is 11. The van der Waals surface area contributed by atoms with Crippen LogP contribution in [0.25, 0.3) is 10.9 Å². The molecule has 1 radical (unpaired) electrons. The van der Waals surface area contributed by atoms with Crippen LogP contribution in [-0.4, -0.2) is 19.1 Å². The minimum atomic E-state index is -0.896. The lowest BCUT2D eigenvalue weighted by Crippen LogP contribution is -2.45. The third kappa shape index (κ3) is 6.13.